The summed E-state index contributed by atoms with van der Waals surface area (Å²) in [4.78, 5) is 24.4. The Morgan fingerprint density at radius 2 is 2.10 bits per heavy atom. The van der Waals surface area contributed by atoms with E-state index >= 15 is 0 Å². The van der Waals surface area contributed by atoms with Crippen LogP contribution in [0, 0.1) is 0 Å². The number of carbonyl (C=O) groups excluding carboxylic acids is 1. The Bertz CT molecular complexity index is 542. The summed E-state index contributed by atoms with van der Waals surface area (Å²) >= 11 is 1.78. The van der Waals surface area contributed by atoms with Crippen molar-refractivity contribution in [3.63, 3.8) is 0 Å². The SMILES string of the molecule is CC(C)(CCC(=O)O)NC(=O)C1CCSc2ccccc21. The summed E-state index contributed by atoms with van der Waals surface area (Å²) in [6.07, 6.45) is 1.31. The lowest BCUT2D eigenvalue weighted by Gasteiger charge is -2.30. The fourth-order valence-electron chi connectivity index (χ4n) is 2.52. The van der Waals surface area contributed by atoms with E-state index in [1.807, 2.05) is 32.0 Å². The van der Waals surface area contributed by atoms with Crippen LogP contribution in [0.2, 0.25) is 0 Å². The molecular formula is C16H21NO3S. The van der Waals surface area contributed by atoms with E-state index in [1.54, 1.807) is 11.8 Å². The molecule has 1 aliphatic rings. The lowest BCUT2D eigenvalue weighted by molar-refractivity contribution is -0.138. The van der Waals surface area contributed by atoms with Gasteiger partial charge >= 0.3 is 5.97 Å². The van der Waals surface area contributed by atoms with Crippen molar-refractivity contribution in [1.82, 2.24) is 5.32 Å². The third kappa shape index (κ3) is 4.24. The van der Waals surface area contributed by atoms with Crippen molar-refractivity contribution >= 4 is 23.6 Å². The predicted octanol–water partition coefficient (Wildman–Crippen LogP) is 3.03. The highest BCUT2D eigenvalue weighted by Gasteiger charge is 2.30. The van der Waals surface area contributed by atoms with Crippen LogP contribution >= 0.6 is 11.8 Å². The fraction of sp³-hybridized carbons (Fsp3) is 0.500. The molecule has 2 N–H and O–H groups in total. The molecule has 1 aliphatic heterocycles. The molecule has 5 heteroatoms. The second-order valence-electron chi connectivity index (χ2n) is 5.99. The van der Waals surface area contributed by atoms with Crippen LogP contribution in [0.5, 0.6) is 0 Å². The van der Waals surface area contributed by atoms with E-state index in [0.29, 0.717) is 6.42 Å². The monoisotopic (exact) mass is 307 g/mol. The summed E-state index contributed by atoms with van der Waals surface area (Å²) < 4.78 is 0. The van der Waals surface area contributed by atoms with Gasteiger partial charge in [-0.2, -0.15) is 0 Å². The Balaban J connectivity index is 2.06. The molecule has 1 amide bonds. The summed E-state index contributed by atoms with van der Waals surface area (Å²) in [6, 6.07) is 8.01. The van der Waals surface area contributed by atoms with Crippen molar-refractivity contribution in [2.75, 3.05) is 5.75 Å². The van der Waals surface area contributed by atoms with E-state index in [0.717, 1.165) is 17.7 Å². The molecule has 0 aliphatic carbocycles. The minimum atomic E-state index is -0.836. The maximum Gasteiger partial charge on any atom is 0.303 e. The normalized spacial score (nSPS) is 17.9. The molecule has 2 rings (SSSR count). The molecule has 4 nitrogen and oxygen atoms in total. The van der Waals surface area contributed by atoms with Gasteiger partial charge < -0.3 is 10.4 Å². The van der Waals surface area contributed by atoms with Gasteiger partial charge in [0.25, 0.3) is 0 Å². The number of hydrogen-bond donors (Lipinski definition) is 2. The number of carboxylic acid groups (broad SMARTS) is 1. The lowest BCUT2D eigenvalue weighted by atomic mass is 9.92. The van der Waals surface area contributed by atoms with Crippen molar-refractivity contribution in [1.29, 1.82) is 0 Å². The molecule has 1 atom stereocenters. The van der Waals surface area contributed by atoms with E-state index in [9.17, 15) is 9.59 Å². The number of nitrogens with one attached hydrogen (secondary N) is 1. The number of amides is 1. The zero-order valence-corrected chi connectivity index (χ0v) is 13.2. The Morgan fingerprint density at radius 1 is 1.38 bits per heavy atom. The first-order chi connectivity index (χ1) is 9.89. The average molecular weight is 307 g/mol. The molecule has 0 aromatic heterocycles. The van der Waals surface area contributed by atoms with Gasteiger partial charge in [-0.05, 0) is 44.1 Å². The first-order valence-corrected chi connectivity index (χ1v) is 8.13. The third-order valence-electron chi connectivity index (χ3n) is 3.70. The fourth-order valence-corrected chi connectivity index (χ4v) is 3.64. The maximum atomic E-state index is 12.6. The molecule has 0 saturated carbocycles. The molecule has 21 heavy (non-hydrogen) atoms. The minimum Gasteiger partial charge on any atom is -0.481 e. The lowest BCUT2D eigenvalue weighted by Crippen LogP contribution is -2.46. The van der Waals surface area contributed by atoms with E-state index in [4.69, 9.17) is 5.11 Å². The van der Waals surface area contributed by atoms with Gasteiger partial charge in [0.05, 0.1) is 5.92 Å². The van der Waals surface area contributed by atoms with E-state index < -0.39 is 11.5 Å². The van der Waals surface area contributed by atoms with Crippen LogP contribution in [-0.2, 0) is 9.59 Å². The van der Waals surface area contributed by atoms with Gasteiger partial charge in [-0.15, -0.1) is 11.8 Å². The van der Waals surface area contributed by atoms with Gasteiger partial charge in [-0.1, -0.05) is 18.2 Å². The van der Waals surface area contributed by atoms with Crippen molar-refractivity contribution in [2.45, 2.75) is 49.5 Å². The topological polar surface area (TPSA) is 66.4 Å². The highest BCUT2D eigenvalue weighted by Crippen LogP contribution is 2.37. The van der Waals surface area contributed by atoms with Gasteiger partial charge in [-0.3, -0.25) is 9.59 Å². The second kappa shape index (κ2) is 6.52. The highest BCUT2D eigenvalue weighted by molar-refractivity contribution is 7.99. The number of benzene rings is 1. The van der Waals surface area contributed by atoms with E-state index in [2.05, 4.69) is 11.4 Å². The number of hydrogen-bond acceptors (Lipinski definition) is 3. The van der Waals surface area contributed by atoms with Gasteiger partial charge in [0, 0.05) is 16.9 Å². The van der Waals surface area contributed by atoms with E-state index in [-0.39, 0.29) is 18.2 Å². The van der Waals surface area contributed by atoms with Crippen molar-refractivity contribution < 1.29 is 14.7 Å². The quantitative estimate of drug-likeness (QED) is 0.877. The molecule has 0 radical (unpaired) electrons. The molecule has 1 aromatic carbocycles. The Morgan fingerprint density at radius 3 is 2.81 bits per heavy atom. The number of fused-ring (bicyclic) bond motifs is 1. The molecular weight excluding hydrogens is 286 g/mol. The zero-order chi connectivity index (χ0) is 15.5. The van der Waals surface area contributed by atoms with Crippen LogP contribution in [0.1, 0.15) is 44.6 Å². The van der Waals surface area contributed by atoms with Crippen LogP contribution in [0.3, 0.4) is 0 Å². The van der Waals surface area contributed by atoms with Crippen LogP contribution in [0.15, 0.2) is 29.2 Å². The van der Waals surface area contributed by atoms with Gasteiger partial charge in [-0.25, -0.2) is 0 Å². The van der Waals surface area contributed by atoms with Crippen molar-refractivity contribution in [3.8, 4) is 0 Å². The molecule has 0 saturated heterocycles. The van der Waals surface area contributed by atoms with E-state index in [1.165, 1.54) is 4.90 Å². The predicted molar refractivity (Wildman–Crippen MR) is 83.6 cm³/mol. The highest BCUT2D eigenvalue weighted by atomic mass is 32.2. The van der Waals surface area contributed by atoms with Crippen molar-refractivity contribution in [2.24, 2.45) is 0 Å². The number of aliphatic carboxylic acids is 1. The Hall–Kier alpha value is -1.49. The van der Waals surface area contributed by atoms with Crippen LogP contribution < -0.4 is 5.32 Å². The zero-order valence-electron chi connectivity index (χ0n) is 12.4. The van der Waals surface area contributed by atoms with Crippen molar-refractivity contribution in [3.05, 3.63) is 29.8 Å². The Kier molecular flexibility index (Phi) is 4.93. The summed E-state index contributed by atoms with van der Waals surface area (Å²) in [6.45, 7) is 3.74. The number of carbonyl (C=O) groups is 2. The number of thioether (sulfide) groups is 1. The minimum absolute atomic E-state index is 0.00172. The first-order valence-electron chi connectivity index (χ1n) is 7.14. The molecule has 114 valence electrons. The summed E-state index contributed by atoms with van der Waals surface area (Å²) in [5, 5.41) is 11.8. The number of carboxylic acids is 1. The summed E-state index contributed by atoms with van der Waals surface area (Å²) in [5.74, 6) is -0.0357. The molecule has 1 aromatic rings. The summed E-state index contributed by atoms with van der Waals surface area (Å²) in [5.41, 5.74) is 0.579. The van der Waals surface area contributed by atoms with Crippen LogP contribution in [0.25, 0.3) is 0 Å². The largest absolute Gasteiger partial charge is 0.481 e. The smallest absolute Gasteiger partial charge is 0.303 e. The molecule has 0 spiro atoms. The van der Waals surface area contributed by atoms with Crippen LogP contribution in [-0.4, -0.2) is 28.3 Å². The molecule has 1 heterocycles. The van der Waals surface area contributed by atoms with Gasteiger partial charge in [0.1, 0.15) is 0 Å². The summed E-state index contributed by atoms with van der Waals surface area (Å²) in [7, 11) is 0. The number of rotatable bonds is 5. The standard InChI is InChI=1S/C16H21NO3S/c1-16(2,9-7-14(18)19)17-15(20)12-8-10-21-13-6-4-3-5-11(12)13/h3-6,12H,7-10H2,1-2H3,(H,17,20)(H,18,19). The molecule has 1 unspecified atom stereocenters. The van der Waals surface area contributed by atoms with Gasteiger partial charge in [0.2, 0.25) is 5.91 Å². The first kappa shape index (κ1) is 15.9. The maximum absolute atomic E-state index is 12.6. The molecule has 0 fully saturated rings. The molecule has 0 bridgehead atoms. The second-order valence-corrected chi connectivity index (χ2v) is 7.13. The van der Waals surface area contributed by atoms with Gasteiger partial charge in [0.15, 0.2) is 0 Å². The third-order valence-corrected chi connectivity index (χ3v) is 4.82. The average Bonchev–Trinajstić information content (AvgIpc) is 2.44. The van der Waals surface area contributed by atoms with Crippen LogP contribution in [0.4, 0.5) is 0 Å². The Labute approximate surface area is 129 Å².